The Bertz CT molecular complexity index is 578. The summed E-state index contributed by atoms with van der Waals surface area (Å²) in [6.45, 7) is 2.80. The summed E-state index contributed by atoms with van der Waals surface area (Å²) in [6, 6.07) is 7.04. The van der Waals surface area contributed by atoms with Crippen LogP contribution in [0, 0.1) is 0 Å². The van der Waals surface area contributed by atoms with Gasteiger partial charge in [0.15, 0.2) is 0 Å². The van der Waals surface area contributed by atoms with Gasteiger partial charge in [-0.3, -0.25) is 4.79 Å². The molecule has 0 bridgehead atoms. The number of unbranched alkanes of at least 4 members (excludes halogenated alkanes) is 6. The van der Waals surface area contributed by atoms with Crippen molar-refractivity contribution in [1.29, 1.82) is 0 Å². The van der Waals surface area contributed by atoms with E-state index in [1.54, 1.807) is 31.4 Å². The van der Waals surface area contributed by atoms with Crippen LogP contribution in [0.1, 0.15) is 63.9 Å². The fourth-order valence-corrected chi connectivity index (χ4v) is 2.64. The second kappa shape index (κ2) is 13.0. The number of amides is 1. The first-order valence-electron chi connectivity index (χ1n) is 9.41. The van der Waals surface area contributed by atoms with Crippen LogP contribution in [0.2, 0.25) is 0 Å². The molecule has 0 aliphatic rings. The van der Waals surface area contributed by atoms with E-state index in [-0.39, 0.29) is 17.9 Å². The lowest BCUT2D eigenvalue weighted by Crippen LogP contribution is -2.25. The predicted molar refractivity (Wildman–Crippen MR) is 104 cm³/mol. The fraction of sp³-hybridized carbons (Fsp3) is 0.524. The Morgan fingerprint density at radius 1 is 1.04 bits per heavy atom. The van der Waals surface area contributed by atoms with Crippen molar-refractivity contribution >= 4 is 18.0 Å². The van der Waals surface area contributed by atoms with Crippen molar-refractivity contribution in [3.63, 3.8) is 0 Å². The van der Waals surface area contributed by atoms with E-state index in [4.69, 9.17) is 4.74 Å². The second-order valence-electron chi connectivity index (χ2n) is 6.40. The van der Waals surface area contributed by atoms with Crippen LogP contribution in [-0.2, 0) is 9.59 Å². The van der Waals surface area contributed by atoms with Crippen LogP contribution in [0.5, 0.6) is 5.75 Å². The Kier molecular flexibility index (Phi) is 10.9. The number of nitrogens with one attached hydrogen (secondary N) is 1. The van der Waals surface area contributed by atoms with Crippen molar-refractivity contribution in [3.8, 4) is 5.75 Å². The zero-order valence-corrected chi connectivity index (χ0v) is 15.9. The van der Waals surface area contributed by atoms with Gasteiger partial charge >= 0.3 is 5.97 Å². The van der Waals surface area contributed by atoms with Crippen molar-refractivity contribution in [3.05, 3.63) is 35.4 Å². The van der Waals surface area contributed by atoms with Crippen molar-refractivity contribution in [2.75, 3.05) is 13.7 Å². The van der Waals surface area contributed by atoms with E-state index in [0.717, 1.165) is 18.4 Å². The molecule has 0 radical (unpaired) electrons. The number of aliphatic carboxylic acids is 1. The van der Waals surface area contributed by atoms with Gasteiger partial charge in [-0.1, -0.05) is 57.6 Å². The molecule has 0 atom stereocenters. The molecular formula is C21H31NO4. The van der Waals surface area contributed by atoms with E-state index in [2.05, 4.69) is 12.2 Å². The smallest absolute Gasteiger partial charge is 0.332 e. The summed E-state index contributed by atoms with van der Waals surface area (Å²) in [5.41, 5.74) is 0.801. The summed E-state index contributed by atoms with van der Waals surface area (Å²) in [7, 11) is 1.57. The molecule has 144 valence electrons. The Balaban J connectivity index is 2.38. The Labute approximate surface area is 156 Å². The largest absolute Gasteiger partial charge is 0.497 e. The molecule has 1 amide bonds. The zero-order valence-electron chi connectivity index (χ0n) is 15.9. The van der Waals surface area contributed by atoms with Gasteiger partial charge in [-0.05, 0) is 30.2 Å². The third-order valence-corrected chi connectivity index (χ3v) is 4.18. The number of carbonyl (C=O) groups is 2. The molecule has 0 aliphatic carbocycles. The number of carbonyl (C=O) groups excluding carboxylic acids is 1. The number of hydrogen-bond acceptors (Lipinski definition) is 3. The average Bonchev–Trinajstić information content (AvgIpc) is 2.64. The lowest BCUT2D eigenvalue weighted by atomic mass is 10.1. The highest BCUT2D eigenvalue weighted by atomic mass is 16.5. The van der Waals surface area contributed by atoms with Gasteiger partial charge < -0.3 is 15.2 Å². The molecule has 1 aromatic carbocycles. The first-order valence-corrected chi connectivity index (χ1v) is 9.41. The van der Waals surface area contributed by atoms with Gasteiger partial charge in [0.05, 0.1) is 13.5 Å². The molecule has 0 unspecified atom stereocenters. The third kappa shape index (κ3) is 9.25. The van der Waals surface area contributed by atoms with E-state index in [9.17, 15) is 14.7 Å². The highest BCUT2D eigenvalue weighted by Crippen LogP contribution is 2.15. The van der Waals surface area contributed by atoms with Crippen LogP contribution >= 0.6 is 0 Å². The molecule has 26 heavy (non-hydrogen) atoms. The fourth-order valence-electron chi connectivity index (χ4n) is 2.64. The van der Waals surface area contributed by atoms with Gasteiger partial charge in [-0.2, -0.15) is 0 Å². The highest BCUT2D eigenvalue weighted by molar-refractivity contribution is 5.98. The minimum absolute atomic E-state index is 0.0761. The number of benzene rings is 1. The Morgan fingerprint density at radius 3 is 2.23 bits per heavy atom. The van der Waals surface area contributed by atoms with Gasteiger partial charge in [0, 0.05) is 12.1 Å². The molecule has 0 aromatic heterocycles. The first kappa shape index (κ1) is 21.7. The van der Waals surface area contributed by atoms with E-state index in [1.165, 1.54) is 38.2 Å². The maximum atomic E-state index is 12.0. The summed E-state index contributed by atoms with van der Waals surface area (Å²) in [6.07, 6.45) is 9.66. The Morgan fingerprint density at radius 2 is 1.65 bits per heavy atom. The molecule has 0 fully saturated rings. The minimum Gasteiger partial charge on any atom is -0.497 e. The summed E-state index contributed by atoms with van der Waals surface area (Å²) in [4.78, 5) is 23.4. The molecular weight excluding hydrogens is 330 g/mol. The molecule has 0 saturated carbocycles. The summed E-state index contributed by atoms with van der Waals surface area (Å²) in [5.74, 6) is -0.628. The van der Waals surface area contributed by atoms with Crippen LogP contribution in [-0.4, -0.2) is 30.6 Å². The third-order valence-electron chi connectivity index (χ3n) is 4.18. The monoisotopic (exact) mass is 361 g/mol. The van der Waals surface area contributed by atoms with E-state index in [0.29, 0.717) is 12.3 Å². The zero-order chi connectivity index (χ0) is 19.2. The number of ether oxygens (including phenoxy) is 1. The molecule has 1 rings (SSSR count). The molecule has 2 N–H and O–H groups in total. The molecule has 0 saturated heterocycles. The number of hydrogen-bond donors (Lipinski definition) is 2. The summed E-state index contributed by atoms with van der Waals surface area (Å²) < 4.78 is 5.08. The van der Waals surface area contributed by atoms with E-state index < -0.39 is 5.97 Å². The molecule has 0 aliphatic heterocycles. The van der Waals surface area contributed by atoms with E-state index in [1.807, 2.05) is 0 Å². The molecule has 5 heteroatoms. The minimum atomic E-state index is -1.08. The van der Waals surface area contributed by atoms with Crippen molar-refractivity contribution in [1.82, 2.24) is 5.32 Å². The normalized spacial score (nSPS) is 11.2. The topological polar surface area (TPSA) is 75.6 Å². The van der Waals surface area contributed by atoms with Crippen LogP contribution in [0.25, 0.3) is 6.08 Å². The van der Waals surface area contributed by atoms with Gasteiger partial charge in [0.25, 0.3) is 0 Å². The van der Waals surface area contributed by atoms with Crippen LogP contribution in [0.15, 0.2) is 29.8 Å². The predicted octanol–water partition coefficient (Wildman–Crippen LogP) is 4.42. The lowest BCUT2D eigenvalue weighted by Gasteiger charge is -2.07. The van der Waals surface area contributed by atoms with Gasteiger partial charge in [-0.15, -0.1) is 0 Å². The van der Waals surface area contributed by atoms with E-state index >= 15 is 0 Å². The molecule has 0 heterocycles. The summed E-state index contributed by atoms with van der Waals surface area (Å²) >= 11 is 0. The standard InChI is InChI=1S/C21H31NO4/c1-3-4-5-6-7-8-9-14-22-20(23)16-18(21(24)25)15-17-10-12-19(26-2)13-11-17/h10-13,15H,3-9,14,16H2,1-2H3,(H,22,23)(H,24,25)/b18-15+. The quantitative estimate of drug-likeness (QED) is 0.403. The van der Waals surface area contributed by atoms with Crippen molar-refractivity contribution in [2.45, 2.75) is 58.3 Å². The van der Waals surface area contributed by atoms with Gasteiger partial charge in [0.1, 0.15) is 5.75 Å². The van der Waals surface area contributed by atoms with Crippen molar-refractivity contribution < 1.29 is 19.4 Å². The number of methoxy groups -OCH3 is 1. The molecule has 1 aromatic rings. The number of rotatable bonds is 13. The second-order valence-corrected chi connectivity index (χ2v) is 6.40. The average molecular weight is 361 g/mol. The lowest BCUT2D eigenvalue weighted by molar-refractivity contribution is -0.134. The molecule has 5 nitrogen and oxygen atoms in total. The maximum absolute atomic E-state index is 12.0. The molecule has 0 spiro atoms. The van der Waals surface area contributed by atoms with Crippen molar-refractivity contribution in [2.24, 2.45) is 0 Å². The number of carboxylic acids is 1. The highest BCUT2D eigenvalue weighted by Gasteiger charge is 2.12. The first-order chi connectivity index (χ1) is 12.6. The Hall–Kier alpha value is -2.30. The van der Waals surface area contributed by atoms with Gasteiger partial charge in [-0.25, -0.2) is 4.79 Å². The van der Waals surface area contributed by atoms with Crippen LogP contribution in [0.4, 0.5) is 0 Å². The SMILES string of the molecule is CCCCCCCCCNC(=O)C/C(=C\c1ccc(OC)cc1)C(=O)O. The summed E-state index contributed by atoms with van der Waals surface area (Å²) in [5, 5.41) is 12.1. The van der Waals surface area contributed by atoms with Crippen LogP contribution < -0.4 is 10.1 Å². The maximum Gasteiger partial charge on any atom is 0.332 e. The number of carboxylic acid groups (broad SMARTS) is 1. The van der Waals surface area contributed by atoms with Crippen LogP contribution in [0.3, 0.4) is 0 Å². The van der Waals surface area contributed by atoms with Gasteiger partial charge in [0.2, 0.25) is 5.91 Å².